The lowest BCUT2D eigenvalue weighted by Gasteiger charge is -2.06. The summed E-state index contributed by atoms with van der Waals surface area (Å²) in [5, 5.41) is 2.05. The maximum atomic E-state index is 13.3. The van der Waals surface area contributed by atoms with Crippen LogP contribution in [0.2, 0.25) is 0 Å². The molecule has 0 saturated carbocycles. The van der Waals surface area contributed by atoms with Crippen LogP contribution in [-0.2, 0) is 0 Å². The summed E-state index contributed by atoms with van der Waals surface area (Å²) in [6.45, 7) is 0. The van der Waals surface area contributed by atoms with Gasteiger partial charge >= 0.3 is 0 Å². The number of nitrogens with zero attached hydrogens (tertiary/aromatic N) is 2. The zero-order valence-corrected chi connectivity index (χ0v) is 9.32. The zero-order chi connectivity index (χ0) is 14.0. The van der Waals surface area contributed by atoms with Gasteiger partial charge in [0.2, 0.25) is 0 Å². The minimum absolute atomic E-state index is 0.107. The molecule has 0 fully saturated rings. The van der Waals surface area contributed by atoms with E-state index >= 15 is 0 Å². The monoisotopic (exact) mass is 268 g/mol. The first kappa shape index (κ1) is 12.8. The Morgan fingerprint density at radius 1 is 1.05 bits per heavy atom. The van der Waals surface area contributed by atoms with Gasteiger partial charge in [0.1, 0.15) is 17.3 Å². The van der Waals surface area contributed by atoms with Crippen LogP contribution in [0.4, 0.5) is 24.7 Å². The number of anilines is 2. The fourth-order valence-electron chi connectivity index (χ4n) is 1.26. The van der Waals surface area contributed by atoms with Crippen LogP contribution in [0.3, 0.4) is 0 Å². The quantitative estimate of drug-likeness (QED) is 0.813. The first-order valence-electron chi connectivity index (χ1n) is 5.01. The number of halogens is 3. The molecule has 0 unspecified atom stereocenters. The van der Waals surface area contributed by atoms with Crippen molar-refractivity contribution in [2.75, 3.05) is 11.1 Å². The SMILES string of the molecule is Nc1cnc(C(=O)Nc2cc(F)c(F)cc2F)cn1. The van der Waals surface area contributed by atoms with E-state index in [0.717, 1.165) is 12.4 Å². The molecule has 3 N–H and O–H groups in total. The van der Waals surface area contributed by atoms with Gasteiger partial charge in [-0.3, -0.25) is 4.79 Å². The van der Waals surface area contributed by atoms with Gasteiger partial charge in [-0.15, -0.1) is 0 Å². The molecular formula is C11H7F3N4O. The first-order valence-corrected chi connectivity index (χ1v) is 5.01. The number of aromatic nitrogens is 2. The number of hydrogen-bond acceptors (Lipinski definition) is 4. The zero-order valence-electron chi connectivity index (χ0n) is 9.32. The summed E-state index contributed by atoms with van der Waals surface area (Å²) >= 11 is 0. The van der Waals surface area contributed by atoms with Crippen LogP contribution in [0.25, 0.3) is 0 Å². The fraction of sp³-hybridized carbons (Fsp3) is 0. The maximum Gasteiger partial charge on any atom is 0.275 e. The summed E-state index contributed by atoms with van der Waals surface area (Å²) in [7, 11) is 0. The number of amides is 1. The third-order valence-corrected chi connectivity index (χ3v) is 2.16. The van der Waals surface area contributed by atoms with Crippen LogP contribution >= 0.6 is 0 Å². The standard InChI is InChI=1S/C11H7F3N4O/c12-5-1-7(14)8(2-6(5)13)18-11(19)9-3-17-10(15)4-16-9/h1-4H,(H2,15,17)(H,18,19). The van der Waals surface area contributed by atoms with Crippen molar-refractivity contribution in [3.63, 3.8) is 0 Å². The Bertz CT molecular complexity index is 631. The second-order valence-electron chi connectivity index (χ2n) is 3.53. The molecule has 1 aromatic carbocycles. The average Bonchev–Trinajstić information content (AvgIpc) is 2.36. The summed E-state index contributed by atoms with van der Waals surface area (Å²) in [6.07, 6.45) is 2.21. The highest BCUT2D eigenvalue weighted by Gasteiger charge is 2.14. The Hall–Kier alpha value is -2.64. The van der Waals surface area contributed by atoms with E-state index in [1.807, 2.05) is 0 Å². The maximum absolute atomic E-state index is 13.3. The summed E-state index contributed by atoms with van der Waals surface area (Å²) < 4.78 is 38.9. The van der Waals surface area contributed by atoms with Gasteiger partial charge in [-0.2, -0.15) is 0 Å². The topological polar surface area (TPSA) is 80.9 Å². The predicted molar refractivity (Wildman–Crippen MR) is 60.7 cm³/mol. The van der Waals surface area contributed by atoms with Crippen molar-refractivity contribution in [3.05, 3.63) is 47.7 Å². The molecule has 5 nitrogen and oxygen atoms in total. The number of nitrogens with two attached hydrogens (primary N) is 1. The molecule has 2 rings (SSSR count). The van der Waals surface area contributed by atoms with Crippen molar-refractivity contribution in [2.45, 2.75) is 0 Å². The lowest BCUT2D eigenvalue weighted by molar-refractivity contribution is 0.102. The minimum Gasteiger partial charge on any atom is -0.382 e. The molecule has 0 radical (unpaired) electrons. The molecular weight excluding hydrogens is 261 g/mol. The molecule has 0 aliphatic carbocycles. The van der Waals surface area contributed by atoms with Crippen molar-refractivity contribution in [1.82, 2.24) is 9.97 Å². The molecule has 98 valence electrons. The van der Waals surface area contributed by atoms with E-state index in [1.54, 1.807) is 0 Å². The number of nitrogen functional groups attached to an aromatic ring is 1. The number of nitrogens with one attached hydrogen (secondary N) is 1. The molecule has 0 aliphatic rings. The number of carbonyl (C=O) groups is 1. The van der Waals surface area contributed by atoms with E-state index in [0.29, 0.717) is 12.1 Å². The van der Waals surface area contributed by atoms with Crippen molar-refractivity contribution in [3.8, 4) is 0 Å². The molecule has 19 heavy (non-hydrogen) atoms. The predicted octanol–water partition coefficient (Wildman–Crippen LogP) is 1.73. The van der Waals surface area contributed by atoms with Gasteiger partial charge in [-0.05, 0) is 0 Å². The molecule has 8 heteroatoms. The van der Waals surface area contributed by atoms with E-state index in [1.165, 1.54) is 0 Å². The van der Waals surface area contributed by atoms with Crippen molar-refractivity contribution < 1.29 is 18.0 Å². The van der Waals surface area contributed by atoms with Gasteiger partial charge in [0, 0.05) is 12.1 Å². The first-order chi connectivity index (χ1) is 8.97. The largest absolute Gasteiger partial charge is 0.382 e. The number of carbonyl (C=O) groups excluding carboxylic acids is 1. The Morgan fingerprint density at radius 3 is 2.37 bits per heavy atom. The second kappa shape index (κ2) is 4.92. The van der Waals surface area contributed by atoms with Gasteiger partial charge in [0.15, 0.2) is 11.6 Å². The number of benzene rings is 1. The van der Waals surface area contributed by atoms with Crippen LogP contribution in [-0.4, -0.2) is 15.9 Å². The van der Waals surface area contributed by atoms with Crippen LogP contribution in [0, 0.1) is 17.5 Å². The number of rotatable bonds is 2. The van der Waals surface area contributed by atoms with Gasteiger partial charge in [-0.1, -0.05) is 0 Å². The second-order valence-corrected chi connectivity index (χ2v) is 3.53. The van der Waals surface area contributed by atoms with Crippen LogP contribution < -0.4 is 11.1 Å². The normalized spacial score (nSPS) is 10.3. The van der Waals surface area contributed by atoms with E-state index in [4.69, 9.17) is 5.73 Å². The van der Waals surface area contributed by atoms with Gasteiger partial charge in [0.05, 0.1) is 18.1 Å². The summed E-state index contributed by atoms with van der Waals surface area (Å²) in [5.41, 5.74) is 4.65. The van der Waals surface area contributed by atoms with E-state index in [9.17, 15) is 18.0 Å². The van der Waals surface area contributed by atoms with E-state index < -0.39 is 29.0 Å². The van der Waals surface area contributed by atoms with Gasteiger partial charge in [-0.25, -0.2) is 23.1 Å². The van der Waals surface area contributed by atoms with Crippen molar-refractivity contribution >= 4 is 17.4 Å². The average molecular weight is 268 g/mol. The van der Waals surface area contributed by atoms with Crippen molar-refractivity contribution in [1.29, 1.82) is 0 Å². The number of hydrogen-bond donors (Lipinski definition) is 2. The molecule has 0 saturated heterocycles. The minimum atomic E-state index is -1.34. The highest BCUT2D eigenvalue weighted by Crippen LogP contribution is 2.18. The molecule has 1 amide bonds. The summed E-state index contributed by atoms with van der Waals surface area (Å²) in [4.78, 5) is 18.9. The van der Waals surface area contributed by atoms with Crippen LogP contribution in [0.5, 0.6) is 0 Å². The van der Waals surface area contributed by atoms with Crippen LogP contribution in [0.15, 0.2) is 24.5 Å². The smallest absolute Gasteiger partial charge is 0.275 e. The Labute approximate surface area is 105 Å². The molecule has 0 spiro atoms. The molecule has 0 aliphatic heterocycles. The fourth-order valence-corrected chi connectivity index (χ4v) is 1.26. The Morgan fingerprint density at radius 2 is 1.74 bits per heavy atom. The Balaban J connectivity index is 2.24. The van der Waals surface area contributed by atoms with Gasteiger partial charge in [0.25, 0.3) is 5.91 Å². The van der Waals surface area contributed by atoms with Gasteiger partial charge < -0.3 is 11.1 Å². The molecule has 0 bridgehead atoms. The Kier molecular flexibility index (Phi) is 3.32. The molecule has 1 aromatic heterocycles. The third-order valence-electron chi connectivity index (χ3n) is 2.16. The van der Waals surface area contributed by atoms with E-state index in [2.05, 4.69) is 15.3 Å². The highest BCUT2D eigenvalue weighted by molar-refractivity contribution is 6.02. The molecule has 1 heterocycles. The van der Waals surface area contributed by atoms with Crippen LogP contribution in [0.1, 0.15) is 10.5 Å². The summed E-state index contributed by atoms with van der Waals surface area (Å²) in [6, 6.07) is 0.868. The lowest BCUT2D eigenvalue weighted by Crippen LogP contribution is -2.15. The molecule has 2 aromatic rings. The summed E-state index contributed by atoms with van der Waals surface area (Å²) in [5.74, 6) is -4.44. The van der Waals surface area contributed by atoms with Crippen molar-refractivity contribution in [2.24, 2.45) is 0 Å². The lowest BCUT2D eigenvalue weighted by atomic mass is 10.2. The third kappa shape index (κ3) is 2.79. The highest BCUT2D eigenvalue weighted by atomic mass is 19.2. The molecule has 0 atom stereocenters. The van der Waals surface area contributed by atoms with E-state index in [-0.39, 0.29) is 11.5 Å².